The topological polar surface area (TPSA) is 24.9 Å². The second-order valence-corrected chi connectivity index (χ2v) is 5.05. The van der Waals surface area contributed by atoms with E-state index >= 15 is 0 Å². The third-order valence-corrected chi connectivity index (χ3v) is 3.85. The van der Waals surface area contributed by atoms with E-state index in [1.165, 1.54) is 36.1 Å². The van der Waals surface area contributed by atoms with Gasteiger partial charge in [0, 0.05) is 11.7 Å². The van der Waals surface area contributed by atoms with E-state index in [0.717, 1.165) is 5.52 Å². The summed E-state index contributed by atoms with van der Waals surface area (Å²) in [6, 6.07) is 7.14. The highest BCUT2D eigenvalue weighted by Gasteiger charge is 2.14. The lowest BCUT2D eigenvalue weighted by Gasteiger charge is -2.12. The molecule has 78 valence electrons. The summed E-state index contributed by atoms with van der Waals surface area (Å²) < 4.78 is 1.28. The molecule has 0 aliphatic heterocycles. The van der Waals surface area contributed by atoms with Crippen LogP contribution in [0.4, 0.5) is 5.69 Å². The van der Waals surface area contributed by atoms with Gasteiger partial charge in [0.05, 0.1) is 15.7 Å². The van der Waals surface area contributed by atoms with Crippen LogP contribution in [0.25, 0.3) is 10.2 Å². The largest absolute Gasteiger partial charge is 0.382 e. The number of fused-ring (bicyclic) bond motifs is 1. The predicted molar refractivity (Wildman–Crippen MR) is 65.5 cm³/mol. The van der Waals surface area contributed by atoms with Crippen molar-refractivity contribution >= 4 is 27.2 Å². The maximum atomic E-state index is 4.28. The number of benzene rings is 1. The van der Waals surface area contributed by atoms with Crippen molar-refractivity contribution < 1.29 is 0 Å². The molecule has 0 saturated heterocycles. The molecule has 3 rings (SSSR count). The van der Waals surface area contributed by atoms with Crippen LogP contribution >= 0.6 is 11.3 Å². The molecule has 0 spiro atoms. The number of anilines is 1. The highest BCUT2D eigenvalue weighted by Crippen LogP contribution is 2.25. The maximum Gasteiger partial charge on any atom is 0.0813 e. The Morgan fingerprint density at radius 2 is 2.13 bits per heavy atom. The van der Waals surface area contributed by atoms with Gasteiger partial charge in [-0.05, 0) is 31.0 Å². The molecule has 1 aliphatic rings. The van der Waals surface area contributed by atoms with Crippen molar-refractivity contribution in [1.29, 1.82) is 0 Å². The molecular formula is C12H14N2S. The van der Waals surface area contributed by atoms with Crippen molar-refractivity contribution in [3.63, 3.8) is 0 Å². The molecule has 1 aliphatic carbocycles. The van der Waals surface area contributed by atoms with Gasteiger partial charge in [0.2, 0.25) is 0 Å². The Morgan fingerprint density at radius 3 is 3.00 bits per heavy atom. The highest BCUT2D eigenvalue weighted by molar-refractivity contribution is 7.16. The number of rotatable bonds is 2. The van der Waals surface area contributed by atoms with Crippen LogP contribution in [0, 0.1) is 0 Å². The molecule has 1 saturated carbocycles. The van der Waals surface area contributed by atoms with Crippen LogP contribution in [-0.2, 0) is 0 Å². The van der Waals surface area contributed by atoms with E-state index < -0.39 is 0 Å². The van der Waals surface area contributed by atoms with Gasteiger partial charge in [-0.15, -0.1) is 11.3 Å². The van der Waals surface area contributed by atoms with Crippen LogP contribution in [-0.4, -0.2) is 11.0 Å². The minimum Gasteiger partial charge on any atom is -0.382 e. The second kappa shape index (κ2) is 3.81. The van der Waals surface area contributed by atoms with Gasteiger partial charge in [0.15, 0.2) is 0 Å². The number of nitrogens with one attached hydrogen (secondary N) is 1. The second-order valence-electron chi connectivity index (χ2n) is 4.16. The normalized spacial score (nSPS) is 17.3. The van der Waals surface area contributed by atoms with Gasteiger partial charge >= 0.3 is 0 Å². The molecule has 2 aromatic rings. The number of aromatic nitrogens is 1. The molecular weight excluding hydrogens is 204 g/mol. The third-order valence-electron chi connectivity index (χ3n) is 3.06. The molecule has 2 nitrogen and oxygen atoms in total. The Bertz CT molecular complexity index is 457. The molecule has 3 heteroatoms. The van der Waals surface area contributed by atoms with Crippen LogP contribution in [0.1, 0.15) is 25.7 Å². The number of hydrogen-bond donors (Lipinski definition) is 1. The zero-order valence-electron chi connectivity index (χ0n) is 8.57. The number of thiazole rings is 1. The zero-order chi connectivity index (χ0) is 10.1. The van der Waals surface area contributed by atoms with Crippen LogP contribution in [0.15, 0.2) is 23.7 Å². The first-order chi connectivity index (χ1) is 7.42. The highest BCUT2D eigenvalue weighted by atomic mass is 32.1. The molecule has 1 aromatic heterocycles. The molecule has 1 fully saturated rings. The summed E-state index contributed by atoms with van der Waals surface area (Å²) in [7, 11) is 0. The van der Waals surface area contributed by atoms with Gasteiger partial charge in [-0.2, -0.15) is 0 Å². The fourth-order valence-electron chi connectivity index (χ4n) is 2.25. The SMILES string of the molecule is c1nc2ccc(NC3CCCC3)cc2s1. The average molecular weight is 218 g/mol. The summed E-state index contributed by atoms with van der Waals surface area (Å²) in [5.74, 6) is 0. The number of nitrogens with zero attached hydrogens (tertiary/aromatic N) is 1. The van der Waals surface area contributed by atoms with Crippen LogP contribution in [0.3, 0.4) is 0 Å². The summed E-state index contributed by atoms with van der Waals surface area (Å²) in [6.07, 6.45) is 5.39. The fraction of sp³-hybridized carbons (Fsp3) is 0.417. The first-order valence-corrected chi connectivity index (χ1v) is 6.39. The zero-order valence-corrected chi connectivity index (χ0v) is 9.39. The smallest absolute Gasteiger partial charge is 0.0813 e. The lowest BCUT2D eigenvalue weighted by Crippen LogP contribution is -2.14. The van der Waals surface area contributed by atoms with Crippen molar-refractivity contribution in [2.24, 2.45) is 0 Å². The number of hydrogen-bond acceptors (Lipinski definition) is 3. The van der Waals surface area contributed by atoms with Crippen LogP contribution in [0.2, 0.25) is 0 Å². The molecule has 0 bridgehead atoms. The van der Waals surface area contributed by atoms with Crippen molar-refractivity contribution in [1.82, 2.24) is 4.98 Å². The van der Waals surface area contributed by atoms with E-state index in [4.69, 9.17) is 0 Å². The molecule has 1 aromatic carbocycles. The Hall–Kier alpha value is -1.09. The molecule has 15 heavy (non-hydrogen) atoms. The minimum atomic E-state index is 0.690. The van der Waals surface area contributed by atoms with E-state index in [-0.39, 0.29) is 0 Å². The van der Waals surface area contributed by atoms with Crippen LogP contribution in [0.5, 0.6) is 0 Å². The van der Waals surface area contributed by atoms with Crippen molar-refractivity contribution in [3.05, 3.63) is 23.7 Å². The monoisotopic (exact) mass is 218 g/mol. The first kappa shape index (κ1) is 9.16. The van der Waals surface area contributed by atoms with Gasteiger partial charge in [-0.3, -0.25) is 0 Å². The van der Waals surface area contributed by atoms with Crippen molar-refractivity contribution in [2.75, 3.05) is 5.32 Å². The Morgan fingerprint density at radius 1 is 1.27 bits per heavy atom. The molecule has 1 heterocycles. The van der Waals surface area contributed by atoms with E-state index in [9.17, 15) is 0 Å². The lowest BCUT2D eigenvalue weighted by molar-refractivity contribution is 0.756. The average Bonchev–Trinajstić information content (AvgIpc) is 2.87. The molecule has 0 amide bonds. The van der Waals surface area contributed by atoms with Crippen molar-refractivity contribution in [2.45, 2.75) is 31.7 Å². The summed E-state index contributed by atoms with van der Waals surface area (Å²) in [4.78, 5) is 4.28. The van der Waals surface area contributed by atoms with Crippen LogP contribution < -0.4 is 5.32 Å². The maximum absolute atomic E-state index is 4.28. The lowest BCUT2D eigenvalue weighted by atomic mass is 10.2. The van der Waals surface area contributed by atoms with Gasteiger partial charge in [-0.1, -0.05) is 12.8 Å². The Kier molecular flexibility index (Phi) is 2.33. The van der Waals surface area contributed by atoms with Gasteiger partial charge in [0.25, 0.3) is 0 Å². The fourth-order valence-corrected chi connectivity index (χ4v) is 2.97. The first-order valence-electron chi connectivity index (χ1n) is 5.51. The molecule has 0 atom stereocenters. The third kappa shape index (κ3) is 1.84. The molecule has 1 N–H and O–H groups in total. The van der Waals surface area contributed by atoms with E-state index in [2.05, 4.69) is 28.5 Å². The standard InChI is InChI=1S/C12H14N2S/c1-2-4-9(3-1)14-10-5-6-11-12(7-10)15-8-13-11/h5-9,14H,1-4H2. The van der Waals surface area contributed by atoms with Gasteiger partial charge in [-0.25, -0.2) is 4.98 Å². The summed E-state index contributed by atoms with van der Waals surface area (Å²) in [5, 5.41) is 3.60. The predicted octanol–water partition coefficient (Wildman–Crippen LogP) is 3.65. The van der Waals surface area contributed by atoms with E-state index in [1.54, 1.807) is 11.3 Å². The Balaban J connectivity index is 1.84. The van der Waals surface area contributed by atoms with Crippen molar-refractivity contribution in [3.8, 4) is 0 Å². The Labute approximate surface area is 93.3 Å². The summed E-state index contributed by atoms with van der Waals surface area (Å²) in [6.45, 7) is 0. The van der Waals surface area contributed by atoms with E-state index in [1.807, 2.05) is 5.51 Å². The summed E-state index contributed by atoms with van der Waals surface area (Å²) in [5.41, 5.74) is 4.26. The molecule has 0 unspecified atom stereocenters. The van der Waals surface area contributed by atoms with E-state index in [0.29, 0.717) is 6.04 Å². The van der Waals surface area contributed by atoms with Gasteiger partial charge < -0.3 is 5.32 Å². The molecule has 0 radical (unpaired) electrons. The summed E-state index contributed by atoms with van der Waals surface area (Å²) >= 11 is 1.71. The van der Waals surface area contributed by atoms with Gasteiger partial charge in [0.1, 0.15) is 0 Å². The minimum absolute atomic E-state index is 0.690. The quantitative estimate of drug-likeness (QED) is 0.832.